The summed E-state index contributed by atoms with van der Waals surface area (Å²) in [6.07, 6.45) is 1.07. The number of benzene rings is 1. The lowest BCUT2D eigenvalue weighted by molar-refractivity contribution is -0.116. The monoisotopic (exact) mass is 434 g/mol. The van der Waals surface area contributed by atoms with Gasteiger partial charge >= 0.3 is 0 Å². The molecule has 0 bridgehead atoms. The van der Waals surface area contributed by atoms with E-state index >= 15 is 0 Å². The zero-order chi connectivity index (χ0) is 17.3. The largest absolute Gasteiger partial charge is 0.326 e. The van der Waals surface area contributed by atoms with E-state index in [-0.39, 0.29) is 5.91 Å². The number of hydrogen-bond donors (Lipinski definition) is 1. The zero-order valence-electron chi connectivity index (χ0n) is 13.9. The first kappa shape index (κ1) is 16.9. The number of anilines is 1. The van der Waals surface area contributed by atoms with Crippen LogP contribution in [0.5, 0.6) is 0 Å². The molecule has 3 rings (SSSR count). The van der Waals surface area contributed by atoms with Crippen LogP contribution in [-0.2, 0) is 11.2 Å². The Morgan fingerprint density at radius 2 is 2.04 bits per heavy atom. The van der Waals surface area contributed by atoms with Crippen molar-refractivity contribution < 1.29 is 4.79 Å². The number of rotatable bonds is 4. The SMILES string of the molecule is Cc1cc2nc(C)c(CCC(=O)Nc3cccc(I)c3)c(C)n2n1. The molecule has 0 aliphatic heterocycles. The topological polar surface area (TPSA) is 59.3 Å². The fourth-order valence-electron chi connectivity index (χ4n) is 2.83. The Kier molecular flexibility index (Phi) is 4.84. The lowest BCUT2D eigenvalue weighted by Gasteiger charge is -2.11. The van der Waals surface area contributed by atoms with Crippen molar-refractivity contribution in [1.29, 1.82) is 0 Å². The Hall–Kier alpha value is -1.96. The number of amides is 1. The second-order valence-corrected chi connectivity index (χ2v) is 7.12. The maximum Gasteiger partial charge on any atom is 0.224 e. The lowest BCUT2D eigenvalue weighted by atomic mass is 10.1. The molecule has 0 saturated carbocycles. The minimum Gasteiger partial charge on any atom is -0.326 e. The van der Waals surface area contributed by atoms with Crippen molar-refractivity contribution in [3.63, 3.8) is 0 Å². The molecule has 6 heteroatoms. The van der Waals surface area contributed by atoms with Crippen molar-refractivity contribution in [2.45, 2.75) is 33.6 Å². The zero-order valence-corrected chi connectivity index (χ0v) is 16.1. The summed E-state index contributed by atoms with van der Waals surface area (Å²) in [6, 6.07) is 9.75. The van der Waals surface area contributed by atoms with Gasteiger partial charge in [0.15, 0.2) is 5.65 Å². The predicted molar refractivity (Wildman–Crippen MR) is 103 cm³/mol. The Bertz CT molecular complexity index is 917. The van der Waals surface area contributed by atoms with Crippen molar-refractivity contribution in [3.05, 3.63) is 56.5 Å². The van der Waals surface area contributed by atoms with Crippen LogP contribution >= 0.6 is 22.6 Å². The summed E-state index contributed by atoms with van der Waals surface area (Å²) in [4.78, 5) is 16.8. The molecule has 0 spiro atoms. The maximum atomic E-state index is 12.2. The fourth-order valence-corrected chi connectivity index (χ4v) is 3.37. The van der Waals surface area contributed by atoms with Crippen LogP contribution in [0.2, 0.25) is 0 Å². The minimum absolute atomic E-state index is 0.00698. The molecule has 1 amide bonds. The molecule has 0 radical (unpaired) electrons. The summed E-state index contributed by atoms with van der Waals surface area (Å²) in [5.41, 5.74) is 5.72. The highest BCUT2D eigenvalue weighted by molar-refractivity contribution is 14.1. The van der Waals surface area contributed by atoms with E-state index in [1.54, 1.807) is 0 Å². The van der Waals surface area contributed by atoms with Gasteiger partial charge in [0, 0.05) is 33.1 Å². The van der Waals surface area contributed by atoms with Crippen LogP contribution in [-0.4, -0.2) is 20.5 Å². The van der Waals surface area contributed by atoms with Crippen molar-refractivity contribution in [3.8, 4) is 0 Å². The first-order chi connectivity index (χ1) is 11.4. The van der Waals surface area contributed by atoms with Crippen molar-refractivity contribution in [1.82, 2.24) is 14.6 Å². The minimum atomic E-state index is 0.00698. The van der Waals surface area contributed by atoms with Gasteiger partial charge in [0.05, 0.1) is 5.69 Å². The summed E-state index contributed by atoms with van der Waals surface area (Å²) >= 11 is 2.23. The molecule has 0 fully saturated rings. The smallest absolute Gasteiger partial charge is 0.224 e. The van der Waals surface area contributed by atoms with Gasteiger partial charge in [0.2, 0.25) is 5.91 Å². The van der Waals surface area contributed by atoms with Gasteiger partial charge in [0.1, 0.15) is 0 Å². The number of halogens is 1. The average Bonchev–Trinajstić information content (AvgIpc) is 2.87. The number of hydrogen-bond acceptors (Lipinski definition) is 3. The maximum absolute atomic E-state index is 12.2. The van der Waals surface area contributed by atoms with Crippen molar-refractivity contribution in [2.24, 2.45) is 0 Å². The number of carbonyl (C=O) groups excluding carboxylic acids is 1. The molecule has 0 saturated heterocycles. The summed E-state index contributed by atoms with van der Waals surface area (Å²) in [7, 11) is 0. The highest BCUT2D eigenvalue weighted by Crippen LogP contribution is 2.18. The van der Waals surface area contributed by atoms with Gasteiger partial charge in [-0.3, -0.25) is 4.79 Å². The molecule has 1 aromatic carbocycles. The molecule has 0 atom stereocenters. The van der Waals surface area contributed by atoms with Crippen LogP contribution in [0.4, 0.5) is 5.69 Å². The third-order valence-corrected chi connectivity index (χ3v) is 4.67. The first-order valence-electron chi connectivity index (χ1n) is 7.82. The van der Waals surface area contributed by atoms with Gasteiger partial charge in [-0.2, -0.15) is 5.10 Å². The van der Waals surface area contributed by atoms with Crippen LogP contribution < -0.4 is 5.32 Å². The standard InChI is InChI=1S/C18H19IN4O/c1-11-9-17-20-12(2)16(13(3)23(17)22-11)7-8-18(24)21-15-6-4-5-14(19)10-15/h4-6,9-10H,7-8H2,1-3H3,(H,21,24). The molecule has 0 unspecified atom stereocenters. The van der Waals surface area contributed by atoms with E-state index in [1.807, 2.05) is 55.6 Å². The normalized spacial score (nSPS) is 11.0. The molecular formula is C18H19IN4O. The second kappa shape index (κ2) is 6.88. The molecule has 2 heterocycles. The van der Waals surface area contributed by atoms with Gasteiger partial charge in [-0.1, -0.05) is 6.07 Å². The van der Waals surface area contributed by atoms with E-state index in [9.17, 15) is 4.79 Å². The Morgan fingerprint density at radius 3 is 2.79 bits per heavy atom. The first-order valence-corrected chi connectivity index (χ1v) is 8.90. The summed E-state index contributed by atoms with van der Waals surface area (Å²) in [5, 5.41) is 7.42. The summed E-state index contributed by atoms with van der Waals surface area (Å²) in [6.45, 7) is 5.97. The van der Waals surface area contributed by atoms with Crippen molar-refractivity contribution >= 4 is 39.8 Å². The van der Waals surface area contributed by atoms with Gasteiger partial charge < -0.3 is 5.32 Å². The molecule has 124 valence electrons. The van der Waals surface area contributed by atoms with E-state index in [0.717, 1.165) is 37.5 Å². The van der Waals surface area contributed by atoms with E-state index in [0.29, 0.717) is 12.8 Å². The Labute approximate surface area is 154 Å². The number of aromatic nitrogens is 3. The molecule has 5 nitrogen and oxygen atoms in total. The summed E-state index contributed by atoms with van der Waals surface area (Å²) in [5.74, 6) is 0.00698. The number of aryl methyl sites for hydroxylation is 3. The van der Waals surface area contributed by atoms with Gasteiger partial charge in [-0.15, -0.1) is 0 Å². The number of nitrogens with one attached hydrogen (secondary N) is 1. The van der Waals surface area contributed by atoms with Crippen LogP contribution in [0.1, 0.15) is 29.1 Å². The van der Waals surface area contributed by atoms with Gasteiger partial charge in [-0.05, 0) is 73.5 Å². The van der Waals surface area contributed by atoms with Crippen LogP contribution in [0.3, 0.4) is 0 Å². The highest BCUT2D eigenvalue weighted by Gasteiger charge is 2.13. The molecule has 1 N–H and O–H groups in total. The number of nitrogens with zero attached hydrogens (tertiary/aromatic N) is 3. The van der Waals surface area contributed by atoms with Crippen LogP contribution in [0.25, 0.3) is 5.65 Å². The summed E-state index contributed by atoms with van der Waals surface area (Å²) < 4.78 is 2.95. The quantitative estimate of drug-likeness (QED) is 0.636. The Balaban J connectivity index is 1.74. The van der Waals surface area contributed by atoms with E-state index in [2.05, 4.69) is 38.0 Å². The second-order valence-electron chi connectivity index (χ2n) is 5.88. The molecule has 2 aromatic heterocycles. The molecular weight excluding hydrogens is 415 g/mol. The molecule has 3 aromatic rings. The third kappa shape index (κ3) is 3.58. The van der Waals surface area contributed by atoms with E-state index in [4.69, 9.17) is 0 Å². The third-order valence-electron chi connectivity index (χ3n) is 4.00. The number of carbonyl (C=O) groups is 1. The van der Waals surface area contributed by atoms with Crippen LogP contribution in [0, 0.1) is 24.3 Å². The van der Waals surface area contributed by atoms with Gasteiger partial charge in [-0.25, -0.2) is 9.50 Å². The van der Waals surface area contributed by atoms with Crippen LogP contribution in [0.15, 0.2) is 30.3 Å². The Morgan fingerprint density at radius 1 is 1.25 bits per heavy atom. The predicted octanol–water partition coefficient (Wildman–Crippen LogP) is 3.83. The van der Waals surface area contributed by atoms with E-state index < -0.39 is 0 Å². The number of fused-ring (bicyclic) bond motifs is 1. The lowest BCUT2D eigenvalue weighted by Crippen LogP contribution is -2.14. The average molecular weight is 434 g/mol. The molecule has 0 aliphatic rings. The van der Waals surface area contributed by atoms with Gasteiger partial charge in [0.25, 0.3) is 0 Å². The molecule has 0 aliphatic carbocycles. The van der Waals surface area contributed by atoms with Crippen molar-refractivity contribution in [2.75, 3.05) is 5.32 Å². The fraction of sp³-hybridized carbons (Fsp3) is 0.278. The molecule has 24 heavy (non-hydrogen) atoms. The highest BCUT2D eigenvalue weighted by atomic mass is 127. The van der Waals surface area contributed by atoms with E-state index in [1.165, 1.54) is 0 Å².